The van der Waals surface area contributed by atoms with Gasteiger partial charge in [0, 0.05) is 17.1 Å². The van der Waals surface area contributed by atoms with Crippen LogP contribution in [0.25, 0.3) is 0 Å². The van der Waals surface area contributed by atoms with Crippen molar-refractivity contribution >= 4 is 7.81 Å². The number of hydrogen-bond donors (Lipinski definition) is 0. The first-order chi connectivity index (χ1) is 2.45. The molecule has 8 heteroatoms. The van der Waals surface area contributed by atoms with Crippen molar-refractivity contribution in [2.75, 3.05) is 0 Å². The average molecular weight is 201 g/mol. The van der Waals surface area contributed by atoms with Crippen molar-refractivity contribution in [3.05, 3.63) is 0 Å². The molecule has 0 aromatic heterocycles. The third kappa shape index (κ3) is 712. The minimum Gasteiger partial charge on any atom is 0 e. The van der Waals surface area contributed by atoms with Gasteiger partial charge in [0.25, 0.3) is 0 Å². The number of hydrogen-bond acceptors (Lipinski definition) is 0. The van der Waals surface area contributed by atoms with E-state index >= 15 is 0 Å². The molecule has 0 aromatic carbocycles. The number of halogens is 6. The molecule has 0 saturated heterocycles. The molecule has 0 rings (SSSR count). The zero-order valence-corrected chi connectivity index (χ0v) is 5.07. The van der Waals surface area contributed by atoms with Gasteiger partial charge >= 0.3 is 33.0 Å². The predicted octanol–water partition coefficient (Wildman–Crippen LogP) is 3.38. The maximum absolute atomic E-state index is 10.7. The largest absolute Gasteiger partial charge is 0 e. The van der Waals surface area contributed by atoms with Crippen LogP contribution in [0.1, 0.15) is 0 Å². The van der Waals surface area contributed by atoms with E-state index in [9.17, 15) is 25.2 Å². The fraction of sp³-hybridized carbons (Fsp3) is 0. The summed E-state index contributed by atoms with van der Waals surface area (Å²) in [5, 5.41) is 0. The molecule has 0 aliphatic carbocycles. The molecule has 0 bridgehead atoms. The quantitative estimate of drug-likeness (QED) is 0.320. The standard InChI is InChI=1S/F6P.Fe/c1-7(2,3,4,5)6;/q-1;. The SMILES string of the molecule is F[P-](F)(F)(F)(F)F.[Fe]. The van der Waals surface area contributed by atoms with E-state index < -0.39 is 7.81 Å². The molecule has 0 N–H and O–H groups in total. The van der Waals surface area contributed by atoms with Crippen LogP contribution in [-0.4, -0.2) is 0 Å². The smallest absolute Gasteiger partial charge is 0 e. The van der Waals surface area contributed by atoms with Crippen LogP contribution in [0.2, 0.25) is 0 Å². The van der Waals surface area contributed by atoms with Crippen LogP contribution < -0.4 is 0 Å². The Bertz CT molecular complexity index is 67.1. The maximum atomic E-state index is 9.87. The van der Waals surface area contributed by atoms with Gasteiger partial charge in [0.2, 0.25) is 0 Å². The van der Waals surface area contributed by atoms with E-state index in [0.29, 0.717) is 0 Å². The molecule has 0 atom stereocenters. The van der Waals surface area contributed by atoms with Gasteiger partial charge in [0.1, 0.15) is 0 Å². The van der Waals surface area contributed by atoms with Crippen LogP contribution >= 0.6 is 7.81 Å². The molecule has 0 unspecified atom stereocenters. The Hall–Kier alpha value is 0.529. The van der Waals surface area contributed by atoms with E-state index in [1.807, 2.05) is 0 Å². The second-order valence-electron chi connectivity index (χ2n) is 0.958. The van der Waals surface area contributed by atoms with Crippen LogP contribution in [0.4, 0.5) is 25.2 Å². The average Bonchev–Trinajstić information content (AvgIpc) is 0.592. The van der Waals surface area contributed by atoms with Gasteiger partial charge in [-0.1, -0.05) is 0 Å². The molecule has 0 spiro atoms. The summed E-state index contributed by atoms with van der Waals surface area (Å²) in [6.45, 7) is 0. The zero-order chi connectivity index (χ0) is 6.41. The molecule has 0 heterocycles. The minimum absolute atomic E-state index is 0. The molecule has 0 nitrogen and oxygen atoms in total. The molecule has 0 radical (unpaired) electrons. The second-order valence-corrected chi connectivity index (χ2v) is 2.87. The van der Waals surface area contributed by atoms with Gasteiger partial charge in [0.15, 0.2) is 0 Å². The first-order valence-corrected chi connectivity index (χ1v) is 3.04. The molecule has 0 aromatic rings. The van der Waals surface area contributed by atoms with Crippen LogP contribution in [0, 0.1) is 0 Å². The Kier molecular flexibility index (Phi) is 1.89. The van der Waals surface area contributed by atoms with Crippen molar-refractivity contribution < 1.29 is 42.3 Å². The maximum Gasteiger partial charge on any atom is 0 e. The summed E-state index contributed by atoms with van der Waals surface area (Å²) in [5.41, 5.74) is 0. The second kappa shape index (κ2) is 1.33. The summed E-state index contributed by atoms with van der Waals surface area (Å²) in [7, 11) is -10.7. The van der Waals surface area contributed by atoms with Crippen molar-refractivity contribution in [2.24, 2.45) is 0 Å². The minimum atomic E-state index is -10.7. The molecule has 8 heavy (non-hydrogen) atoms. The topological polar surface area (TPSA) is 0 Å². The fourth-order valence-corrected chi connectivity index (χ4v) is 0. The predicted molar refractivity (Wildman–Crippen MR) is 13.6 cm³/mol. The first kappa shape index (κ1) is 11.3. The van der Waals surface area contributed by atoms with E-state index in [0.717, 1.165) is 0 Å². The third-order valence-electron chi connectivity index (χ3n) is 0. The van der Waals surface area contributed by atoms with Gasteiger partial charge in [-0.15, -0.1) is 0 Å². The van der Waals surface area contributed by atoms with Gasteiger partial charge in [-0.3, -0.25) is 0 Å². The van der Waals surface area contributed by atoms with Gasteiger partial charge in [-0.05, 0) is 0 Å². The van der Waals surface area contributed by atoms with Crippen molar-refractivity contribution in [3.8, 4) is 0 Å². The van der Waals surface area contributed by atoms with Gasteiger partial charge < -0.3 is 0 Å². The Balaban J connectivity index is 0. The van der Waals surface area contributed by atoms with E-state index in [2.05, 4.69) is 0 Å². The van der Waals surface area contributed by atoms with Crippen molar-refractivity contribution in [1.82, 2.24) is 0 Å². The summed E-state index contributed by atoms with van der Waals surface area (Å²) in [6, 6.07) is 0. The summed E-state index contributed by atoms with van der Waals surface area (Å²) >= 11 is 0. The van der Waals surface area contributed by atoms with Gasteiger partial charge in [-0.2, -0.15) is 0 Å². The Labute approximate surface area is 51.0 Å². The summed E-state index contributed by atoms with van der Waals surface area (Å²) < 4.78 is 59.2. The molecule has 0 aliphatic rings. The Morgan fingerprint density at radius 1 is 0.625 bits per heavy atom. The van der Waals surface area contributed by atoms with Crippen molar-refractivity contribution in [2.45, 2.75) is 0 Å². The molecular formula is F6FeP-. The first-order valence-electron chi connectivity index (χ1n) is 1.01. The van der Waals surface area contributed by atoms with Crippen molar-refractivity contribution in [1.29, 1.82) is 0 Å². The van der Waals surface area contributed by atoms with E-state index in [4.69, 9.17) is 0 Å². The summed E-state index contributed by atoms with van der Waals surface area (Å²) in [6.07, 6.45) is 0. The fourth-order valence-electron chi connectivity index (χ4n) is 0. The monoisotopic (exact) mass is 201 g/mol. The molecule has 56 valence electrons. The van der Waals surface area contributed by atoms with Crippen LogP contribution in [0.15, 0.2) is 0 Å². The number of rotatable bonds is 0. The Morgan fingerprint density at radius 3 is 0.625 bits per heavy atom. The molecule has 0 saturated carbocycles. The van der Waals surface area contributed by atoms with Gasteiger partial charge in [0.05, 0.1) is 0 Å². The summed E-state index contributed by atoms with van der Waals surface area (Å²) in [4.78, 5) is 0. The Morgan fingerprint density at radius 2 is 0.625 bits per heavy atom. The zero-order valence-electron chi connectivity index (χ0n) is 3.07. The molecule has 0 amide bonds. The van der Waals surface area contributed by atoms with Crippen LogP contribution in [0.5, 0.6) is 0 Å². The van der Waals surface area contributed by atoms with Crippen LogP contribution in [0.3, 0.4) is 0 Å². The van der Waals surface area contributed by atoms with Crippen LogP contribution in [-0.2, 0) is 17.1 Å². The van der Waals surface area contributed by atoms with E-state index in [1.54, 1.807) is 0 Å². The molecule has 0 fully saturated rings. The van der Waals surface area contributed by atoms with Gasteiger partial charge in [-0.25, -0.2) is 0 Å². The van der Waals surface area contributed by atoms with Crippen molar-refractivity contribution in [3.63, 3.8) is 0 Å². The third-order valence-corrected chi connectivity index (χ3v) is 0. The van der Waals surface area contributed by atoms with E-state index in [-0.39, 0.29) is 17.1 Å². The molecular weight excluding hydrogens is 201 g/mol. The summed E-state index contributed by atoms with van der Waals surface area (Å²) in [5.74, 6) is 0. The molecule has 0 aliphatic heterocycles. The normalized spacial score (nSPS) is 20.2. The van der Waals surface area contributed by atoms with E-state index in [1.165, 1.54) is 0 Å².